The highest BCUT2D eigenvalue weighted by Gasteiger charge is 2.48. The van der Waals surface area contributed by atoms with Gasteiger partial charge in [-0.1, -0.05) is 117 Å². The molecule has 3 aliphatic rings. The molecule has 4 heteroatoms. The third-order valence-electron chi connectivity index (χ3n) is 11.2. The number of benzene rings is 6. The fraction of sp³-hybridized carbons (Fsp3) is 0.0732. The Morgan fingerprint density at radius 3 is 2.31 bits per heavy atom. The van der Waals surface area contributed by atoms with Crippen LogP contribution in [0.25, 0.3) is 80.8 Å². The Labute approximate surface area is 263 Å². The largest absolute Gasteiger partial charge is 0.378 e. The van der Waals surface area contributed by atoms with Gasteiger partial charge >= 0.3 is 6.85 Å². The minimum absolute atomic E-state index is 0.0841. The predicted octanol–water partition coefficient (Wildman–Crippen LogP) is 9.36. The molecule has 0 saturated carbocycles. The lowest BCUT2D eigenvalue weighted by atomic mass is 9.45. The third kappa shape index (κ3) is 2.43. The van der Waals surface area contributed by atoms with Gasteiger partial charge in [-0.25, -0.2) is 0 Å². The van der Waals surface area contributed by atoms with E-state index < -0.39 is 0 Å². The number of rotatable bonds is 0. The highest BCUT2D eigenvalue weighted by atomic mass is 32.1. The zero-order chi connectivity index (χ0) is 29.3. The number of hydrogen-bond donors (Lipinski definition) is 0. The van der Waals surface area contributed by atoms with Crippen molar-refractivity contribution in [2.75, 3.05) is 0 Å². The summed E-state index contributed by atoms with van der Waals surface area (Å²) in [5.41, 5.74) is 15.2. The van der Waals surface area contributed by atoms with Crippen molar-refractivity contribution in [3.05, 3.63) is 127 Å². The van der Waals surface area contributed by atoms with Crippen LogP contribution in [-0.4, -0.2) is 15.9 Å². The van der Waals surface area contributed by atoms with Gasteiger partial charge in [0.05, 0.1) is 11.2 Å². The summed E-state index contributed by atoms with van der Waals surface area (Å²) >= 11 is 1.94. The minimum atomic E-state index is -0.124. The Morgan fingerprint density at radius 1 is 0.644 bits per heavy atom. The molecule has 0 N–H and O–H groups in total. The van der Waals surface area contributed by atoms with Crippen LogP contribution in [0.1, 0.15) is 25.1 Å². The molecule has 0 saturated heterocycles. The molecular formula is C41H25BN2S. The van der Waals surface area contributed by atoms with Gasteiger partial charge in [-0.05, 0) is 45.1 Å². The first-order valence-corrected chi connectivity index (χ1v) is 16.7. The number of thiophene rings is 1. The van der Waals surface area contributed by atoms with Gasteiger partial charge in [0, 0.05) is 59.4 Å². The molecule has 208 valence electrons. The molecule has 5 heterocycles. The second-order valence-corrected chi connectivity index (χ2v) is 14.7. The summed E-state index contributed by atoms with van der Waals surface area (Å²) in [4.78, 5) is 1.35. The van der Waals surface area contributed by atoms with Crippen LogP contribution in [0.3, 0.4) is 0 Å². The molecule has 2 nitrogen and oxygen atoms in total. The molecular weight excluding hydrogens is 563 g/mol. The van der Waals surface area contributed by atoms with E-state index in [1.54, 1.807) is 0 Å². The first kappa shape index (κ1) is 23.3. The first-order valence-electron chi connectivity index (χ1n) is 15.9. The van der Waals surface area contributed by atoms with Gasteiger partial charge in [0.1, 0.15) is 4.83 Å². The molecule has 12 rings (SSSR count). The van der Waals surface area contributed by atoms with Crippen LogP contribution in [0.2, 0.25) is 0 Å². The fourth-order valence-electron chi connectivity index (χ4n) is 9.61. The number of nitrogens with zero attached hydrogens (tertiary/aromatic N) is 2. The Hall–Kier alpha value is -5.06. The Balaban J connectivity index is 1.37. The topological polar surface area (TPSA) is 9.86 Å². The van der Waals surface area contributed by atoms with Crippen molar-refractivity contribution < 1.29 is 0 Å². The monoisotopic (exact) mass is 588 g/mol. The number of hydrogen-bond acceptors (Lipinski definition) is 1. The molecule has 9 aromatic rings. The normalized spacial score (nSPS) is 15.0. The fourth-order valence-corrected chi connectivity index (χ4v) is 10.8. The minimum Gasteiger partial charge on any atom is -0.378 e. The van der Waals surface area contributed by atoms with E-state index in [-0.39, 0.29) is 12.3 Å². The molecule has 1 aliphatic carbocycles. The van der Waals surface area contributed by atoms with Crippen LogP contribution in [0.4, 0.5) is 0 Å². The first-order chi connectivity index (χ1) is 22.1. The van der Waals surface area contributed by atoms with Gasteiger partial charge in [-0.15, -0.1) is 11.3 Å². The van der Waals surface area contributed by atoms with Gasteiger partial charge in [0.15, 0.2) is 0 Å². The SMILES string of the molecule is CC1(C)c2ccccc2-c2c1n1c3c(cccc23)-c2cc3ccccc3c3c2B1c1cccc2c4c5ccccc5sc4n-3c12. The molecule has 0 atom stereocenters. The molecule has 0 unspecified atom stereocenters. The van der Waals surface area contributed by atoms with Gasteiger partial charge in [0.2, 0.25) is 0 Å². The van der Waals surface area contributed by atoms with E-state index in [4.69, 9.17) is 0 Å². The molecule has 0 bridgehead atoms. The van der Waals surface area contributed by atoms with E-state index in [0.717, 1.165) is 0 Å². The molecule has 0 radical (unpaired) electrons. The van der Waals surface area contributed by atoms with Crippen LogP contribution in [0.15, 0.2) is 115 Å². The van der Waals surface area contributed by atoms with Crippen molar-refractivity contribution in [1.82, 2.24) is 9.05 Å². The summed E-state index contributed by atoms with van der Waals surface area (Å²) in [5, 5.41) is 8.12. The molecule has 0 amide bonds. The third-order valence-corrected chi connectivity index (χ3v) is 12.4. The second kappa shape index (κ2) is 7.42. The van der Waals surface area contributed by atoms with E-state index in [0.29, 0.717) is 0 Å². The van der Waals surface area contributed by atoms with Gasteiger partial charge in [-0.3, -0.25) is 0 Å². The summed E-state index contributed by atoms with van der Waals surface area (Å²) in [5.74, 6) is 0. The van der Waals surface area contributed by atoms with E-state index in [9.17, 15) is 0 Å². The Kier molecular flexibility index (Phi) is 3.85. The quantitative estimate of drug-likeness (QED) is 0.156. The van der Waals surface area contributed by atoms with Crippen LogP contribution in [0, 0.1) is 0 Å². The second-order valence-electron chi connectivity index (χ2n) is 13.6. The predicted molar refractivity (Wildman–Crippen MR) is 193 cm³/mol. The maximum atomic E-state index is 2.78. The lowest BCUT2D eigenvalue weighted by Gasteiger charge is -2.37. The van der Waals surface area contributed by atoms with Crippen LogP contribution in [-0.2, 0) is 5.41 Å². The number of para-hydroxylation sites is 2. The van der Waals surface area contributed by atoms with E-state index >= 15 is 0 Å². The maximum Gasteiger partial charge on any atom is 0.332 e. The lowest BCUT2D eigenvalue weighted by Crippen LogP contribution is -2.56. The lowest BCUT2D eigenvalue weighted by molar-refractivity contribution is 0.632. The van der Waals surface area contributed by atoms with Gasteiger partial charge < -0.3 is 9.05 Å². The molecule has 0 spiro atoms. The smallest absolute Gasteiger partial charge is 0.332 e. The molecule has 2 aliphatic heterocycles. The molecule has 45 heavy (non-hydrogen) atoms. The van der Waals surface area contributed by atoms with Crippen molar-refractivity contribution in [3.8, 4) is 27.9 Å². The van der Waals surface area contributed by atoms with Crippen molar-refractivity contribution >= 4 is 82.0 Å². The van der Waals surface area contributed by atoms with Gasteiger partial charge in [-0.2, -0.15) is 0 Å². The van der Waals surface area contributed by atoms with Crippen molar-refractivity contribution in [1.29, 1.82) is 0 Å². The van der Waals surface area contributed by atoms with Crippen molar-refractivity contribution in [2.24, 2.45) is 0 Å². The average Bonchev–Trinajstić information content (AvgIpc) is 3.78. The maximum absolute atomic E-state index is 2.78. The molecule has 3 aromatic heterocycles. The highest BCUT2D eigenvalue weighted by Crippen LogP contribution is 2.56. The zero-order valence-corrected chi connectivity index (χ0v) is 25.7. The van der Waals surface area contributed by atoms with Crippen LogP contribution >= 0.6 is 11.3 Å². The summed E-state index contributed by atoms with van der Waals surface area (Å²) in [7, 11) is 0. The highest BCUT2D eigenvalue weighted by molar-refractivity contribution is 7.25. The summed E-state index contributed by atoms with van der Waals surface area (Å²) in [6.45, 7) is 4.95. The van der Waals surface area contributed by atoms with Crippen LogP contribution < -0.4 is 10.9 Å². The van der Waals surface area contributed by atoms with E-state index in [2.05, 4.69) is 138 Å². The molecule has 6 aromatic carbocycles. The summed E-state index contributed by atoms with van der Waals surface area (Å²) in [6.07, 6.45) is 0. The van der Waals surface area contributed by atoms with Crippen LogP contribution in [0.5, 0.6) is 0 Å². The Morgan fingerprint density at radius 2 is 1.38 bits per heavy atom. The molecule has 0 fully saturated rings. The van der Waals surface area contributed by atoms with Gasteiger partial charge in [0.25, 0.3) is 0 Å². The number of aromatic nitrogens is 2. The summed E-state index contributed by atoms with van der Waals surface area (Å²) in [6, 6.07) is 43.7. The van der Waals surface area contributed by atoms with Crippen molar-refractivity contribution in [3.63, 3.8) is 0 Å². The summed E-state index contributed by atoms with van der Waals surface area (Å²) < 4.78 is 6.78. The van der Waals surface area contributed by atoms with E-state index in [1.807, 2.05) is 11.3 Å². The standard InChI is InChI=1S/C41H25BN2S/c1-41(2)30-18-7-5-13-25(30)33-27-16-9-15-24-29-21-22-11-3-4-12-23(22)38-35(29)42(44(36(24)27)39(33)41)31-19-10-17-28-34-26-14-6-8-20-32(26)45-40(34)43(38)37(28)31/h3-21H,1-2H3. The average molecular weight is 589 g/mol. The Bertz CT molecular complexity index is 2860. The van der Waals surface area contributed by atoms with E-state index in [1.165, 1.54) is 103 Å². The number of fused-ring (bicyclic) bond motifs is 16. The van der Waals surface area contributed by atoms with Crippen molar-refractivity contribution in [2.45, 2.75) is 19.3 Å². The zero-order valence-electron chi connectivity index (χ0n) is 24.8.